The molecule has 1 saturated carbocycles. The molecule has 24 heavy (non-hydrogen) atoms. The molecule has 3 rings (SSSR count). The van der Waals surface area contributed by atoms with E-state index in [1.54, 1.807) is 24.3 Å². The Hall–Kier alpha value is -2.62. The number of carbonyl (C=O) groups excluding carboxylic acids is 2. The lowest BCUT2D eigenvalue weighted by Gasteiger charge is -2.09. The third-order valence-corrected chi connectivity index (χ3v) is 4.13. The molecule has 4 heteroatoms. The quantitative estimate of drug-likeness (QED) is 0.875. The summed E-state index contributed by atoms with van der Waals surface area (Å²) in [5, 5.41) is 5.80. The van der Waals surface area contributed by atoms with E-state index in [0.717, 1.165) is 12.8 Å². The summed E-state index contributed by atoms with van der Waals surface area (Å²) in [6.07, 6.45) is 2.10. The van der Waals surface area contributed by atoms with Crippen LogP contribution in [0.1, 0.15) is 58.9 Å². The Balaban J connectivity index is 1.68. The van der Waals surface area contributed by atoms with Crippen LogP contribution in [0.2, 0.25) is 0 Å². The van der Waals surface area contributed by atoms with Crippen LogP contribution in [0.25, 0.3) is 0 Å². The first-order valence-electron chi connectivity index (χ1n) is 8.35. The number of benzene rings is 2. The molecule has 0 heterocycles. The third-order valence-electron chi connectivity index (χ3n) is 4.13. The van der Waals surface area contributed by atoms with Crippen LogP contribution in [0, 0.1) is 0 Å². The molecule has 2 N–H and O–H groups in total. The van der Waals surface area contributed by atoms with Gasteiger partial charge in [0.25, 0.3) is 11.8 Å². The smallest absolute Gasteiger partial charge is 0.255 e. The molecule has 1 aliphatic carbocycles. The van der Waals surface area contributed by atoms with Gasteiger partial charge in [0.2, 0.25) is 0 Å². The Bertz CT molecular complexity index is 746. The zero-order chi connectivity index (χ0) is 17.1. The zero-order valence-corrected chi connectivity index (χ0v) is 14.0. The number of rotatable bonds is 5. The van der Waals surface area contributed by atoms with Gasteiger partial charge in [-0.15, -0.1) is 0 Å². The van der Waals surface area contributed by atoms with E-state index in [2.05, 4.69) is 24.5 Å². The fraction of sp³-hybridized carbons (Fsp3) is 0.300. The van der Waals surface area contributed by atoms with Crippen LogP contribution in [0.5, 0.6) is 0 Å². The summed E-state index contributed by atoms with van der Waals surface area (Å²) in [6.45, 7) is 4.24. The summed E-state index contributed by atoms with van der Waals surface area (Å²) in [7, 11) is 0. The van der Waals surface area contributed by atoms with Crippen molar-refractivity contribution >= 4 is 17.5 Å². The van der Waals surface area contributed by atoms with Crippen LogP contribution in [0.15, 0.2) is 48.5 Å². The van der Waals surface area contributed by atoms with Gasteiger partial charge in [-0.05, 0) is 54.7 Å². The predicted molar refractivity (Wildman–Crippen MR) is 95.4 cm³/mol. The molecule has 0 atom stereocenters. The summed E-state index contributed by atoms with van der Waals surface area (Å²) in [4.78, 5) is 24.4. The second kappa shape index (κ2) is 6.87. The summed E-state index contributed by atoms with van der Waals surface area (Å²) in [6, 6.07) is 14.9. The minimum atomic E-state index is -0.176. The van der Waals surface area contributed by atoms with Crippen molar-refractivity contribution in [3.05, 3.63) is 65.2 Å². The maximum absolute atomic E-state index is 12.4. The van der Waals surface area contributed by atoms with Crippen LogP contribution in [-0.2, 0) is 0 Å². The molecule has 0 spiro atoms. The number of hydrogen-bond donors (Lipinski definition) is 2. The Labute approximate surface area is 142 Å². The van der Waals surface area contributed by atoms with E-state index in [4.69, 9.17) is 0 Å². The fourth-order valence-corrected chi connectivity index (χ4v) is 2.46. The number of hydrogen-bond acceptors (Lipinski definition) is 2. The average molecular weight is 322 g/mol. The topological polar surface area (TPSA) is 58.2 Å². The zero-order valence-electron chi connectivity index (χ0n) is 14.0. The molecule has 124 valence electrons. The molecule has 0 aliphatic heterocycles. The van der Waals surface area contributed by atoms with Crippen molar-refractivity contribution in [1.29, 1.82) is 0 Å². The first-order valence-corrected chi connectivity index (χ1v) is 8.35. The molecule has 0 unspecified atom stereocenters. The molecular weight excluding hydrogens is 300 g/mol. The van der Waals surface area contributed by atoms with E-state index in [1.165, 1.54) is 5.56 Å². The van der Waals surface area contributed by atoms with Crippen molar-refractivity contribution in [1.82, 2.24) is 5.32 Å². The summed E-state index contributed by atoms with van der Waals surface area (Å²) in [5.74, 6) is 0.170. The normalized spacial score (nSPS) is 13.6. The van der Waals surface area contributed by atoms with Crippen LogP contribution < -0.4 is 10.6 Å². The van der Waals surface area contributed by atoms with Gasteiger partial charge in [0.1, 0.15) is 0 Å². The van der Waals surface area contributed by atoms with Gasteiger partial charge in [-0.2, -0.15) is 0 Å². The Morgan fingerprint density at radius 1 is 0.958 bits per heavy atom. The van der Waals surface area contributed by atoms with E-state index in [0.29, 0.717) is 28.8 Å². The van der Waals surface area contributed by atoms with Gasteiger partial charge in [-0.3, -0.25) is 9.59 Å². The van der Waals surface area contributed by atoms with Crippen LogP contribution >= 0.6 is 0 Å². The minimum absolute atomic E-state index is 0.0881. The average Bonchev–Trinajstić information content (AvgIpc) is 3.39. The highest BCUT2D eigenvalue weighted by molar-refractivity contribution is 6.05. The van der Waals surface area contributed by atoms with Crippen LogP contribution in [0.3, 0.4) is 0 Å². The number of anilines is 1. The molecule has 1 fully saturated rings. The Kier molecular flexibility index (Phi) is 4.65. The molecule has 2 aromatic rings. The fourth-order valence-electron chi connectivity index (χ4n) is 2.46. The van der Waals surface area contributed by atoms with E-state index >= 15 is 0 Å². The molecule has 0 aromatic heterocycles. The summed E-state index contributed by atoms with van der Waals surface area (Å²) < 4.78 is 0. The molecule has 0 radical (unpaired) electrons. The van der Waals surface area contributed by atoms with E-state index in [9.17, 15) is 9.59 Å². The molecule has 2 amide bonds. The van der Waals surface area contributed by atoms with Crippen LogP contribution in [0.4, 0.5) is 5.69 Å². The number of nitrogens with one attached hydrogen (secondary N) is 2. The minimum Gasteiger partial charge on any atom is -0.349 e. The lowest BCUT2D eigenvalue weighted by molar-refractivity contribution is 0.0949. The standard InChI is InChI=1S/C20H22N2O2/c1-13(2)14-6-8-15(9-7-14)19(23)22-18-5-3-4-16(12-18)20(24)21-17-10-11-17/h3-9,12-13,17H,10-11H2,1-2H3,(H,21,24)(H,22,23). The molecule has 0 bridgehead atoms. The lowest BCUT2D eigenvalue weighted by atomic mass is 10.0. The maximum atomic E-state index is 12.4. The van der Waals surface area contributed by atoms with Crippen molar-refractivity contribution in [2.24, 2.45) is 0 Å². The highest BCUT2D eigenvalue weighted by Gasteiger charge is 2.23. The van der Waals surface area contributed by atoms with E-state index < -0.39 is 0 Å². The second-order valence-electron chi connectivity index (χ2n) is 6.56. The number of amides is 2. The highest BCUT2D eigenvalue weighted by atomic mass is 16.2. The van der Waals surface area contributed by atoms with E-state index in [-0.39, 0.29) is 11.8 Å². The molecule has 4 nitrogen and oxygen atoms in total. The van der Waals surface area contributed by atoms with Gasteiger partial charge < -0.3 is 10.6 Å². The molecule has 1 aliphatic rings. The van der Waals surface area contributed by atoms with Crippen LogP contribution in [-0.4, -0.2) is 17.9 Å². The third kappa shape index (κ3) is 4.02. The van der Waals surface area contributed by atoms with Gasteiger partial charge in [-0.1, -0.05) is 32.0 Å². The van der Waals surface area contributed by atoms with Crippen molar-refractivity contribution in [2.45, 2.75) is 38.6 Å². The maximum Gasteiger partial charge on any atom is 0.255 e. The molecular formula is C20H22N2O2. The SMILES string of the molecule is CC(C)c1ccc(C(=O)Nc2cccc(C(=O)NC3CC3)c2)cc1. The first-order chi connectivity index (χ1) is 11.5. The van der Waals surface area contributed by atoms with Gasteiger partial charge in [0, 0.05) is 22.9 Å². The van der Waals surface area contributed by atoms with Gasteiger partial charge in [-0.25, -0.2) is 0 Å². The Morgan fingerprint density at radius 2 is 1.67 bits per heavy atom. The molecule has 2 aromatic carbocycles. The van der Waals surface area contributed by atoms with Gasteiger partial charge in [0.05, 0.1) is 0 Å². The first kappa shape index (κ1) is 16.2. The van der Waals surface area contributed by atoms with Crippen molar-refractivity contribution in [3.63, 3.8) is 0 Å². The predicted octanol–water partition coefficient (Wildman–Crippen LogP) is 3.95. The lowest BCUT2D eigenvalue weighted by Crippen LogP contribution is -2.25. The summed E-state index contributed by atoms with van der Waals surface area (Å²) >= 11 is 0. The number of carbonyl (C=O) groups is 2. The highest BCUT2D eigenvalue weighted by Crippen LogP contribution is 2.20. The molecule has 0 saturated heterocycles. The van der Waals surface area contributed by atoms with Gasteiger partial charge >= 0.3 is 0 Å². The van der Waals surface area contributed by atoms with Crippen molar-refractivity contribution in [3.8, 4) is 0 Å². The van der Waals surface area contributed by atoms with E-state index in [1.807, 2.05) is 24.3 Å². The summed E-state index contributed by atoms with van der Waals surface area (Å²) in [5.41, 5.74) is 2.99. The Morgan fingerprint density at radius 3 is 2.29 bits per heavy atom. The van der Waals surface area contributed by atoms with Crippen molar-refractivity contribution in [2.75, 3.05) is 5.32 Å². The largest absolute Gasteiger partial charge is 0.349 e. The van der Waals surface area contributed by atoms with Gasteiger partial charge in [0.15, 0.2) is 0 Å². The van der Waals surface area contributed by atoms with Crippen molar-refractivity contribution < 1.29 is 9.59 Å². The second-order valence-corrected chi connectivity index (χ2v) is 6.56. The monoisotopic (exact) mass is 322 g/mol.